The molecule has 2 amide bonds. The van der Waals surface area contributed by atoms with Crippen LogP contribution in [0.1, 0.15) is 93.6 Å². The number of carbonyl (C=O) groups is 2. The molecule has 0 unspecified atom stereocenters. The molecule has 49 heavy (non-hydrogen) atoms. The molecule has 13 nitrogen and oxygen atoms in total. The average Bonchev–Trinajstić information content (AvgIpc) is 2.90. The number of benzene rings is 1. The topological polar surface area (TPSA) is 160 Å². The third-order valence-electron chi connectivity index (χ3n) is 7.36. The molecule has 282 valence electrons. The fraction of sp³-hybridized carbons (Fsp3) is 0.735. The summed E-state index contributed by atoms with van der Waals surface area (Å²) in [6, 6.07) is 7.48. The Kier molecular flexibility index (Phi) is 17.2. The summed E-state index contributed by atoms with van der Waals surface area (Å²) in [6.07, 6.45) is 0.122. The van der Waals surface area contributed by atoms with Gasteiger partial charge in [-0.3, -0.25) is 14.8 Å². The molecule has 1 rings (SSSR count). The van der Waals surface area contributed by atoms with Crippen molar-refractivity contribution in [3.63, 3.8) is 0 Å². The van der Waals surface area contributed by atoms with Gasteiger partial charge in [0, 0.05) is 13.0 Å². The third-order valence-corrected chi connectivity index (χ3v) is 12.5. The van der Waals surface area contributed by atoms with E-state index in [1.807, 2.05) is 24.3 Å². The van der Waals surface area contributed by atoms with E-state index in [4.69, 9.17) is 27.6 Å². The number of aliphatic imine (C=N–C) groups is 1. The molecule has 0 fully saturated rings. The highest BCUT2D eigenvalue weighted by molar-refractivity contribution is 7.86. The van der Waals surface area contributed by atoms with E-state index < -0.39 is 54.0 Å². The molecule has 2 atom stereocenters. The second-order valence-corrected chi connectivity index (χ2v) is 21.9. The summed E-state index contributed by atoms with van der Waals surface area (Å²) in [6.45, 7) is 21.8. The van der Waals surface area contributed by atoms with Crippen molar-refractivity contribution >= 4 is 36.6 Å². The van der Waals surface area contributed by atoms with Crippen molar-refractivity contribution in [1.82, 2.24) is 10.6 Å². The number of ether oxygens (including phenoxy) is 4. The SMILES string of the molecule is COc1ccc(CO[C@H](CCCCO[Si](C)(C)C(C)(C)C)C[C@@H](CN=C(NC(=O)OC(C)(C)C)NC(=O)OC(C)(C)C)OS(C)(=O)=O)cc1. The minimum Gasteiger partial charge on any atom is -0.497 e. The van der Waals surface area contributed by atoms with Gasteiger partial charge in [-0.25, -0.2) is 14.6 Å². The molecule has 0 aliphatic heterocycles. The highest BCUT2D eigenvalue weighted by Crippen LogP contribution is 2.36. The van der Waals surface area contributed by atoms with E-state index in [2.05, 4.69) is 49.5 Å². The van der Waals surface area contributed by atoms with Gasteiger partial charge in [-0.1, -0.05) is 32.9 Å². The first-order chi connectivity index (χ1) is 22.3. The maximum absolute atomic E-state index is 12.6. The Hall–Kier alpha value is -2.72. The zero-order chi connectivity index (χ0) is 37.7. The summed E-state index contributed by atoms with van der Waals surface area (Å²) in [5.41, 5.74) is -0.739. The first-order valence-electron chi connectivity index (χ1n) is 16.6. The van der Waals surface area contributed by atoms with Gasteiger partial charge in [-0.15, -0.1) is 0 Å². The molecule has 0 aliphatic rings. The molecule has 0 aliphatic carbocycles. The summed E-state index contributed by atoms with van der Waals surface area (Å²) in [5.74, 6) is 0.432. The number of guanidine groups is 1. The molecule has 0 saturated carbocycles. The predicted octanol–water partition coefficient (Wildman–Crippen LogP) is 6.91. The molecule has 0 heterocycles. The lowest BCUT2D eigenvalue weighted by Crippen LogP contribution is -2.47. The third kappa shape index (κ3) is 20.5. The lowest BCUT2D eigenvalue weighted by atomic mass is 10.1. The van der Waals surface area contributed by atoms with Crippen LogP contribution in [0, 0.1) is 0 Å². The second kappa shape index (κ2) is 19.0. The summed E-state index contributed by atoms with van der Waals surface area (Å²) in [5, 5.41) is 4.92. The van der Waals surface area contributed by atoms with Crippen LogP contribution in [-0.4, -0.2) is 84.8 Å². The highest BCUT2D eigenvalue weighted by Gasteiger charge is 2.36. The molecule has 15 heteroatoms. The number of methoxy groups -OCH3 is 1. The Morgan fingerprint density at radius 1 is 0.857 bits per heavy atom. The summed E-state index contributed by atoms with van der Waals surface area (Å²) in [4.78, 5) is 29.4. The molecule has 1 aromatic carbocycles. The lowest BCUT2D eigenvalue weighted by Gasteiger charge is -2.36. The van der Waals surface area contributed by atoms with E-state index in [0.29, 0.717) is 13.0 Å². The molecular formula is C34H61N3O10SSi. The first kappa shape index (κ1) is 44.3. The number of unbranched alkanes of at least 4 members (excludes halogenated alkanes) is 1. The zero-order valence-electron chi connectivity index (χ0n) is 31.9. The molecule has 2 N–H and O–H groups in total. The van der Waals surface area contributed by atoms with Crippen LogP contribution in [0.15, 0.2) is 29.3 Å². The molecular weight excluding hydrogens is 671 g/mol. The fourth-order valence-electron chi connectivity index (χ4n) is 4.01. The first-order valence-corrected chi connectivity index (χ1v) is 21.3. The molecule has 0 aromatic heterocycles. The maximum Gasteiger partial charge on any atom is 0.414 e. The monoisotopic (exact) mass is 731 g/mol. The van der Waals surface area contributed by atoms with Crippen LogP contribution in [0.25, 0.3) is 0 Å². The van der Waals surface area contributed by atoms with Crippen molar-refractivity contribution in [2.75, 3.05) is 26.5 Å². The van der Waals surface area contributed by atoms with E-state index in [0.717, 1.165) is 30.4 Å². The van der Waals surface area contributed by atoms with Crippen LogP contribution in [0.4, 0.5) is 9.59 Å². The number of amides is 2. The van der Waals surface area contributed by atoms with Crippen LogP contribution in [0.2, 0.25) is 18.1 Å². The van der Waals surface area contributed by atoms with Crippen molar-refractivity contribution in [3.8, 4) is 5.75 Å². The Morgan fingerprint density at radius 2 is 1.39 bits per heavy atom. The maximum atomic E-state index is 12.6. The quantitative estimate of drug-likeness (QED) is 0.0601. The van der Waals surface area contributed by atoms with Crippen molar-refractivity contribution in [2.45, 2.75) is 136 Å². The molecule has 0 radical (unpaired) electrons. The highest BCUT2D eigenvalue weighted by atomic mass is 32.2. The van der Waals surface area contributed by atoms with Crippen molar-refractivity contribution in [2.24, 2.45) is 4.99 Å². The van der Waals surface area contributed by atoms with Gasteiger partial charge in [0.2, 0.25) is 5.96 Å². The Morgan fingerprint density at radius 3 is 1.84 bits per heavy atom. The Labute approximate surface area is 295 Å². The number of hydrogen-bond acceptors (Lipinski definition) is 11. The number of alkyl carbamates (subject to hydrolysis) is 2. The van der Waals surface area contributed by atoms with E-state index in [1.165, 1.54) is 0 Å². The predicted molar refractivity (Wildman–Crippen MR) is 194 cm³/mol. The molecule has 0 bridgehead atoms. The summed E-state index contributed by atoms with van der Waals surface area (Å²) in [7, 11) is -4.22. The number of nitrogens with zero attached hydrogens (tertiary/aromatic N) is 1. The average molecular weight is 732 g/mol. The number of rotatable bonds is 16. The number of hydrogen-bond donors (Lipinski definition) is 2. The van der Waals surface area contributed by atoms with Crippen LogP contribution in [0.3, 0.4) is 0 Å². The van der Waals surface area contributed by atoms with Gasteiger partial charge in [-0.05, 0) is 96.6 Å². The zero-order valence-corrected chi connectivity index (χ0v) is 33.7. The normalized spacial score (nSPS) is 14.0. The van der Waals surface area contributed by atoms with Crippen molar-refractivity contribution < 1.29 is 45.6 Å². The van der Waals surface area contributed by atoms with Crippen LogP contribution >= 0.6 is 0 Å². The van der Waals surface area contributed by atoms with Crippen molar-refractivity contribution in [3.05, 3.63) is 29.8 Å². The van der Waals surface area contributed by atoms with Gasteiger partial charge in [0.1, 0.15) is 17.0 Å². The van der Waals surface area contributed by atoms with E-state index in [1.54, 1.807) is 48.7 Å². The van der Waals surface area contributed by atoms with Gasteiger partial charge in [0.25, 0.3) is 10.1 Å². The number of carbonyl (C=O) groups excluding carboxylic acids is 2. The van der Waals surface area contributed by atoms with Gasteiger partial charge >= 0.3 is 12.2 Å². The lowest BCUT2D eigenvalue weighted by molar-refractivity contribution is 0.00559. The fourth-order valence-corrected chi connectivity index (χ4v) is 5.73. The second-order valence-electron chi connectivity index (χ2n) is 15.5. The summed E-state index contributed by atoms with van der Waals surface area (Å²) < 4.78 is 58.6. The van der Waals surface area contributed by atoms with Crippen LogP contribution < -0.4 is 15.4 Å². The van der Waals surface area contributed by atoms with Gasteiger partial charge < -0.3 is 23.4 Å². The van der Waals surface area contributed by atoms with E-state index >= 15 is 0 Å². The largest absolute Gasteiger partial charge is 0.497 e. The standard InChI is InChI=1S/C34H61N3O10SSi/c1-32(2,3)45-30(38)36-29(37-31(39)46-33(4,5)6)35-23-28(47-48(11,40)41)22-27(43-24-25-17-19-26(42-10)20-18-25)16-14-15-21-44-49(12,13)34(7,8)9/h17-20,27-28H,14-16,21-24H2,1-13H3,(H2,35,36,37,38,39)/t27-,28+/m1/s1. The molecule has 0 saturated heterocycles. The molecule has 0 spiro atoms. The van der Waals surface area contributed by atoms with E-state index in [-0.39, 0.29) is 30.6 Å². The van der Waals surface area contributed by atoms with Crippen LogP contribution in [-0.2, 0) is 39.5 Å². The van der Waals surface area contributed by atoms with Gasteiger partial charge in [-0.2, -0.15) is 8.42 Å². The van der Waals surface area contributed by atoms with Gasteiger partial charge in [0.15, 0.2) is 8.32 Å². The summed E-state index contributed by atoms with van der Waals surface area (Å²) >= 11 is 0. The molecule has 1 aromatic rings. The number of nitrogens with one attached hydrogen (secondary N) is 2. The van der Waals surface area contributed by atoms with Crippen LogP contribution in [0.5, 0.6) is 5.75 Å². The van der Waals surface area contributed by atoms with Gasteiger partial charge in [0.05, 0.1) is 38.7 Å². The minimum absolute atomic E-state index is 0.100. The van der Waals surface area contributed by atoms with Crippen molar-refractivity contribution in [1.29, 1.82) is 0 Å². The Bertz CT molecular complexity index is 1280. The van der Waals surface area contributed by atoms with E-state index in [9.17, 15) is 18.0 Å². The Balaban J connectivity index is 3.23. The smallest absolute Gasteiger partial charge is 0.414 e. The minimum atomic E-state index is -3.92.